The molecule has 0 unspecified atom stereocenters. The summed E-state index contributed by atoms with van der Waals surface area (Å²) >= 11 is 2.98. The molecule has 0 atom stereocenters. The van der Waals surface area contributed by atoms with Crippen LogP contribution >= 0.6 is 15.9 Å². The Morgan fingerprint density at radius 2 is 2.40 bits per heavy atom. The van der Waals surface area contributed by atoms with Crippen molar-refractivity contribution in [2.45, 2.75) is 0 Å². The van der Waals surface area contributed by atoms with Gasteiger partial charge in [0.2, 0.25) is 0 Å². The molecular formula is C5H7BrFNO2. The lowest BCUT2D eigenvalue weighted by molar-refractivity contribution is 0.195. The quantitative estimate of drug-likeness (QED) is 0.696. The van der Waals surface area contributed by atoms with E-state index >= 15 is 0 Å². The van der Waals surface area contributed by atoms with E-state index in [4.69, 9.17) is 5.11 Å². The van der Waals surface area contributed by atoms with Crippen molar-refractivity contribution in [2.75, 3.05) is 11.9 Å². The predicted molar refractivity (Wildman–Crippen MR) is 39.0 cm³/mol. The average molecular weight is 212 g/mol. The third kappa shape index (κ3) is 4.31. The second-order valence-corrected chi connectivity index (χ2v) is 2.12. The molecule has 0 aromatic carbocycles. The zero-order chi connectivity index (χ0) is 7.98. The summed E-state index contributed by atoms with van der Waals surface area (Å²) in [6.07, 6.45) is -0.773. The van der Waals surface area contributed by atoms with Crippen LogP contribution in [0.1, 0.15) is 0 Å². The Labute approximate surface area is 66.0 Å². The molecule has 0 aromatic heterocycles. The van der Waals surface area contributed by atoms with Crippen LogP contribution < -0.4 is 5.32 Å². The third-order valence-electron chi connectivity index (χ3n) is 0.793. The van der Waals surface area contributed by atoms with Crippen LogP contribution in [0.25, 0.3) is 0 Å². The number of rotatable bonds is 3. The minimum Gasteiger partial charge on any atom is -0.465 e. The summed E-state index contributed by atoms with van der Waals surface area (Å²) < 4.78 is 11.7. The first-order valence-electron chi connectivity index (χ1n) is 2.51. The standard InChI is InChI=1S/C5H7BrFNO2/c6-1-4(2-7)3-8-5(9)10/h2,8H,1,3H2,(H,9,10)/b4-2-. The molecule has 0 aliphatic rings. The molecule has 0 rings (SSSR count). The van der Waals surface area contributed by atoms with Gasteiger partial charge in [-0.3, -0.25) is 0 Å². The van der Waals surface area contributed by atoms with E-state index in [-0.39, 0.29) is 6.54 Å². The van der Waals surface area contributed by atoms with E-state index in [1.807, 2.05) is 5.32 Å². The van der Waals surface area contributed by atoms with Gasteiger partial charge >= 0.3 is 6.09 Å². The Balaban J connectivity index is 3.56. The van der Waals surface area contributed by atoms with Crippen molar-refractivity contribution in [3.63, 3.8) is 0 Å². The Bertz CT molecular complexity index is 149. The number of hydrogen-bond acceptors (Lipinski definition) is 1. The molecule has 58 valence electrons. The highest BCUT2D eigenvalue weighted by molar-refractivity contribution is 9.09. The van der Waals surface area contributed by atoms with E-state index in [1.165, 1.54) is 0 Å². The lowest BCUT2D eigenvalue weighted by atomic mass is 10.3. The molecule has 0 radical (unpaired) electrons. The van der Waals surface area contributed by atoms with Crippen molar-refractivity contribution in [1.29, 1.82) is 0 Å². The maximum atomic E-state index is 11.7. The van der Waals surface area contributed by atoms with Crippen molar-refractivity contribution >= 4 is 22.0 Å². The van der Waals surface area contributed by atoms with E-state index in [1.54, 1.807) is 0 Å². The Hall–Kier alpha value is -0.580. The second-order valence-electron chi connectivity index (χ2n) is 1.56. The average Bonchev–Trinajstić information content (AvgIpc) is 1.90. The van der Waals surface area contributed by atoms with Crippen LogP contribution in [0.4, 0.5) is 9.18 Å². The summed E-state index contributed by atoms with van der Waals surface area (Å²) in [6.45, 7) is 0.0249. The number of halogens is 2. The molecule has 0 spiro atoms. The first kappa shape index (κ1) is 9.42. The van der Waals surface area contributed by atoms with Gasteiger partial charge in [0.05, 0.1) is 6.33 Å². The largest absolute Gasteiger partial charge is 0.465 e. The molecule has 0 aromatic rings. The van der Waals surface area contributed by atoms with E-state index in [2.05, 4.69) is 15.9 Å². The highest BCUT2D eigenvalue weighted by atomic mass is 79.9. The SMILES string of the molecule is O=C(O)NC/C(=C\F)CBr. The van der Waals surface area contributed by atoms with Gasteiger partial charge in [-0.15, -0.1) is 0 Å². The number of amides is 1. The van der Waals surface area contributed by atoms with Crippen LogP contribution in [-0.4, -0.2) is 23.1 Å². The van der Waals surface area contributed by atoms with Gasteiger partial charge in [-0.25, -0.2) is 9.18 Å². The van der Waals surface area contributed by atoms with Crippen molar-refractivity contribution in [3.8, 4) is 0 Å². The summed E-state index contributed by atoms with van der Waals surface area (Å²) in [5.41, 5.74) is 0.363. The molecule has 5 heteroatoms. The molecule has 0 aliphatic heterocycles. The summed E-state index contributed by atoms with van der Waals surface area (Å²) in [6, 6.07) is 0. The van der Waals surface area contributed by atoms with Crippen LogP contribution in [0, 0.1) is 0 Å². The van der Waals surface area contributed by atoms with Crippen LogP contribution in [0.3, 0.4) is 0 Å². The molecule has 0 saturated heterocycles. The first-order valence-corrected chi connectivity index (χ1v) is 3.63. The zero-order valence-corrected chi connectivity index (χ0v) is 6.69. The number of hydrogen-bond donors (Lipinski definition) is 2. The maximum Gasteiger partial charge on any atom is 0.404 e. The van der Waals surface area contributed by atoms with Gasteiger partial charge in [-0.05, 0) is 5.57 Å². The maximum absolute atomic E-state index is 11.7. The van der Waals surface area contributed by atoms with Gasteiger partial charge in [0, 0.05) is 11.9 Å². The fourth-order valence-electron chi connectivity index (χ4n) is 0.304. The van der Waals surface area contributed by atoms with Gasteiger partial charge in [0.1, 0.15) is 0 Å². The van der Waals surface area contributed by atoms with Crippen molar-refractivity contribution in [1.82, 2.24) is 5.32 Å². The lowest BCUT2D eigenvalue weighted by Crippen LogP contribution is -2.23. The van der Waals surface area contributed by atoms with E-state index < -0.39 is 6.09 Å². The Morgan fingerprint density at radius 1 is 1.80 bits per heavy atom. The molecule has 10 heavy (non-hydrogen) atoms. The zero-order valence-electron chi connectivity index (χ0n) is 5.10. The highest BCUT2D eigenvalue weighted by Crippen LogP contribution is 1.97. The van der Waals surface area contributed by atoms with Crippen LogP contribution in [0.2, 0.25) is 0 Å². The van der Waals surface area contributed by atoms with Crippen LogP contribution in [-0.2, 0) is 0 Å². The molecular weight excluding hydrogens is 205 g/mol. The number of carboxylic acid groups (broad SMARTS) is 1. The van der Waals surface area contributed by atoms with Gasteiger partial charge in [-0.1, -0.05) is 15.9 Å². The molecule has 3 nitrogen and oxygen atoms in total. The topological polar surface area (TPSA) is 49.3 Å². The highest BCUT2D eigenvalue weighted by Gasteiger charge is 1.97. The van der Waals surface area contributed by atoms with Gasteiger partial charge < -0.3 is 10.4 Å². The second kappa shape index (κ2) is 5.22. The fraction of sp³-hybridized carbons (Fsp3) is 0.400. The van der Waals surface area contributed by atoms with Gasteiger partial charge in [0.15, 0.2) is 0 Å². The lowest BCUT2D eigenvalue weighted by Gasteiger charge is -1.99. The summed E-state index contributed by atoms with van der Waals surface area (Å²) in [5, 5.41) is 10.4. The number of nitrogens with one attached hydrogen (secondary N) is 1. The third-order valence-corrected chi connectivity index (χ3v) is 1.51. The summed E-state index contributed by atoms with van der Waals surface area (Å²) in [5.74, 6) is 0. The van der Waals surface area contributed by atoms with E-state index in [0.717, 1.165) is 0 Å². The predicted octanol–water partition coefficient (Wildman–Crippen LogP) is 1.50. The molecule has 0 bridgehead atoms. The normalized spacial score (nSPS) is 11.2. The number of alkyl halides is 1. The Kier molecular flexibility index (Phi) is 4.92. The minimum atomic E-state index is -1.15. The van der Waals surface area contributed by atoms with Gasteiger partial charge in [0.25, 0.3) is 0 Å². The van der Waals surface area contributed by atoms with Crippen molar-refractivity contribution < 1.29 is 14.3 Å². The number of carbonyl (C=O) groups is 1. The fourth-order valence-corrected chi connectivity index (χ4v) is 0.625. The summed E-state index contributed by atoms with van der Waals surface area (Å²) in [7, 11) is 0. The Morgan fingerprint density at radius 3 is 2.70 bits per heavy atom. The smallest absolute Gasteiger partial charge is 0.404 e. The first-order chi connectivity index (χ1) is 4.70. The molecule has 0 fully saturated rings. The van der Waals surface area contributed by atoms with Crippen LogP contribution in [0.5, 0.6) is 0 Å². The molecule has 0 aliphatic carbocycles. The molecule has 2 N–H and O–H groups in total. The monoisotopic (exact) mass is 211 g/mol. The van der Waals surface area contributed by atoms with E-state index in [0.29, 0.717) is 17.2 Å². The molecule has 0 heterocycles. The van der Waals surface area contributed by atoms with Crippen LogP contribution in [0.15, 0.2) is 11.9 Å². The van der Waals surface area contributed by atoms with E-state index in [9.17, 15) is 9.18 Å². The van der Waals surface area contributed by atoms with Crippen molar-refractivity contribution in [3.05, 3.63) is 11.9 Å². The molecule has 1 amide bonds. The summed E-state index contributed by atoms with van der Waals surface area (Å²) in [4.78, 5) is 9.86. The van der Waals surface area contributed by atoms with Crippen molar-refractivity contribution in [2.24, 2.45) is 0 Å². The molecule has 0 saturated carbocycles. The van der Waals surface area contributed by atoms with Gasteiger partial charge in [-0.2, -0.15) is 0 Å². The minimum absolute atomic E-state index is 0.0249.